The molecule has 0 radical (unpaired) electrons. The highest BCUT2D eigenvalue weighted by Crippen LogP contribution is 2.37. The van der Waals surface area contributed by atoms with Gasteiger partial charge in [-0.2, -0.15) is 0 Å². The lowest BCUT2D eigenvalue weighted by atomic mass is 9.96. The van der Waals surface area contributed by atoms with Crippen molar-refractivity contribution in [2.45, 2.75) is 70.5 Å². The molecule has 2 fully saturated rings. The van der Waals surface area contributed by atoms with Crippen LogP contribution in [-0.4, -0.2) is 182 Å². The van der Waals surface area contributed by atoms with E-state index in [9.17, 15) is 19.2 Å². The summed E-state index contributed by atoms with van der Waals surface area (Å²) in [4.78, 5) is 65.9. The minimum Gasteiger partial charge on any atom is -0.494 e. The number of hydrogen-bond donors (Lipinski definition) is 3. The summed E-state index contributed by atoms with van der Waals surface area (Å²) in [5, 5.41) is 19.3. The molecule has 0 bridgehead atoms. The molecule has 452 valence electrons. The first-order chi connectivity index (χ1) is 40.8. The Morgan fingerprint density at radius 1 is 0.810 bits per heavy atom. The van der Waals surface area contributed by atoms with Crippen LogP contribution in [-0.2, 0) is 54.4 Å². The summed E-state index contributed by atoms with van der Waals surface area (Å²) < 4.78 is 31.9. The number of rotatable bonds is 37. The van der Waals surface area contributed by atoms with Gasteiger partial charge in [-0.3, -0.25) is 19.7 Å². The first kappa shape index (κ1) is 64.8. The highest BCUT2D eigenvalue weighted by atomic mass is 79.9. The van der Waals surface area contributed by atoms with E-state index < -0.39 is 12.1 Å². The third-order valence-corrected chi connectivity index (χ3v) is 15.5. The molecule has 2 aliphatic rings. The second-order valence-electron chi connectivity index (χ2n) is 21.0. The summed E-state index contributed by atoms with van der Waals surface area (Å²) in [7, 11) is 4.14. The molecular formula is C62H82BrN11O9S. The number of thiazole rings is 1. The first-order valence-electron chi connectivity index (χ1n) is 28.9. The van der Waals surface area contributed by atoms with Crippen molar-refractivity contribution < 1.29 is 42.9 Å². The fourth-order valence-electron chi connectivity index (χ4n) is 9.22. The Hall–Kier alpha value is -6.79. The Balaban J connectivity index is 0.667. The molecule has 1 aliphatic carbocycles. The molecule has 3 aromatic carbocycles. The quantitative estimate of drug-likeness (QED) is 0.0253. The van der Waals surface area contributed by atoms with Gasteiger partial charge in [0.25, 0.3) is 0 Å². The number of aromatic nitrogens is 4. The van der Waals surface area contributed by atoms with Crippen molar-refractivity contribution in [2.24, 2.45) is 5.92 Å². The van der Waals surface area contributed by atoms with Crippen molar-refractivity contribution in [3.05, 3.63) is 148 Å². The van der Waals surface area contributed by atoms with Crippen molar-refractivity contribution in [2.75, 3.05) is 123 Å². The van der Waals surface area contributed by atoms with Crippen molar-refractivity contribution in [3.63, 3.8) is 0 Å². The predicted octanol–water partition coefficient (Wildman–Crippen LogP) is 8.25. The predicted molar refractivity (Wildman–Crippen MR) is 330 cm³/mol. The molecule has 1 saturated heterocycles. The minimum absolute atomic E-state index is 0.0114. The number of unbranched alkanes of at least 4 members (excludes halogenated alkanes) is 1. The molecule has 3 heterocycles. The van der Waals surface area contributed by atoms with Crippen LogP contribution in [0.3, 0.4) is 0 Å². The Bertz CT molecular complexity index is 2870. The molecular weight excluding hydrogens is 1150 g/mol. The number of likely N-dealkylation sites (N-methyl/N-ethyl adjacent to an activating group) is 2. The zero-order chi connectivity index (χ0) is 59.5. The number of allylic oxidation sites excluding steroid dienone is 2. The van der Waals surface area contributed by atoms with E-state index >= 15 is 0 Å². The van der Waals surface area contributed by atoms with Crippen molar-refractivity contribution >= 4 is 61.8 Å². The van der Waals surface area contributed by atoms with Crippen LogP contribution in [0.2, 0.25) is 0 Å². The maximum absolute atomic E-state index is 14.3. The number of benzene rings is 3. The molecule has 5 aromatic rings. The lowest BCUT2D eigenvalue weighted by Crippen LogP contribution is -2.47. The number of nitrogens with zero attached hydrogens (tertiary/aromatic N) is 8. The average Bonchev–Trinajstić information content (AvgIpc) is 2.64. The van der Waals surface area contributed by atoms with Gasteiger partial charge >= 0.3 is 6.03 Å². The second-order valence-corrected chi connectivity index (χ2v) is 22.7. The third kappa shape index (κ3) is 22.3. The standard InChI is InChI=1S/C62H82BrN11O9S/c1-6-10-47(7-2)43-64-59(76)58(49-13-15-50(63)16-14-49)74(54-19-20-54)60(77)46(3)41-48-11-21-55(22-12-48)82-33-9-8-26-70(4)31-35-80-38-37-79-34-25-52-44-73(69-68-52)32-36-81-39-40-83-56-23-17-51(18-24-56)65-61(78)67-62-66-53(45-84-62)42-57(75)72-29-27-71(5)28-30-72/h6-7,10-18,21-24,44-46,54,58H,1-2,8-9,19-20,25-43H2,3-5H3,(H,64,76)(H2,65,66,67,78)/b47-10+. The van der Waals surface area contributed by atoms with Crippen molar-refractivity contribution in [1.29, 1.82) is 0 Å². The van der Waals surface area contributed by atoms with E-state index in [0.717, 1.165) is 84.5 Å². The van der Waals surface area contributed by atoms with E-state index in [1.54, 1.807) is 46.5 Å². The van der Waals surface area contributed by atoms with Crippen LogP contribution in [0, 0.1) is 5.92 Å². The summed E-state index contributed by atoms with van der Waals surface area (Å²) in [6.07, 6.45) is 12.1. The Kier molecular flexibility index (Phi) is 26.9. The van der Waals surface area contributed by atoms with Crippen LogP contribution in [0.15, 0.2) is 126 Å². The summed E-state index contributed by atoms with van der Waals surface area (Å²) >= 11 is 4.79. The fourth-order valence-corrected chi connectivity index (χ4v) is 10.2. The Morgan fingerprint density at radius 3 is 2.21 bits per heavy atom. The number of hydrogen-bond acceptors (Lipinski definition) is 15. The van der Waals surface area contributed by atoms with E-state index in [4.69, 9.17) is 23.7 Å². The monoisotopic (exact) mass is 1240 g/mol. The molecule has 2 unspecified atom stereocenters. The van der Waals surface area contributed by atoms with Crippen LogP contribution < -0.4 is 25.4 Å². The maximum atomic E-state index is 14.3. The zero-order valence-corrected chi connectivity index (χ0v) is 51.2. The SMILES string of the molecule is C=C/C=C(\C=C)CNC(=O)C(c1ccc(Br)cc1)N(C(=O)C(C)Cc1ccc(OCCCCN(C)CCOCCOCCc2cn(CCOCCOc3ccc(NC(=O)Nc4nc(CC(=O)N5CCN(C)CC5)cs4)cc3)nn2)cc1)C1CC1. The highest BCUT2D eigenvalue weighted by molar-refractivity contribution is 9.10. The smallest absolute Gasteiger partial charge is 0.325 e. The lowest BCUT2D eigenvalue weighted by Gasteiger charge is -2.33. The van der Waals surface area contributed by atoms with E-state index in [0.29, 0.717) is 108 Å². The first-order valence-corrected chi connectivity index (χ1v) is 30.5. The van der Waals surface area contributed by atoms with E-state index in [-0.39, 0.29) is 42.6 Å². The molecule has 5 amide bonds. The summed E-state index contributed by atoms with van der Waals surface area (Å²) in [5.41, 5.74) is 4.71. The van der Waals surface area contributed by atoms with Gasteiger partial charge in [-0.15, -0.1) is 16.4 Å². The number of nitrogens with one attached hydrogen (secondary N) is 3. The molecule has 2 atom stereocenters. The average molecular weight is 1240 g/mol. The molecule has 3 N–H and O–H groups in total. The number of halogens is 1. The number of urea groups is 1. The van der Waals surface area contributed by atoms with Crippen LogP contribution in [0.25, 0.3) is 0 Å². The van der Waals surface area contributed by atoms with Gasteiger partial charge < -0.3 is 53.9 Å². The topological polar surface area (TPSA) is 207 Å². The van der Waals surface area contributed by atoms with Crippen molar-refractivity contribution in [3.8, 4) is 11.5 Å². The van der Waals surface area contributed by atoms with Crippen LogP contribution >= 0.6 is 27.3 Å². The summed E-state index contributed by atoms with van der Waals surface area (Å²) in [6, 6.07) is 21.5. The molecule has 22 heteroatoms. The van der Waals surface area contributed by atoms with Gasteiger partial charge in [-0.1, -0.05) is 83.7 Å². The Labute approximate surface area is 506 Å². The molecule has 1 saturated carbocycles. The van der Waals surface area contributed by atoms with Crippen LogP contribution in [0.1, 0.15) is 61.2 Å². The van der Waals surface area contributed by atoms with E-state index in [2.05, 4.69) is 77.2 Å². The third-order valence-electron chi connectivity index (χ3n) is 14.2. The molecule has 20 nitrogen and oxygen atoms in total. The number of carbonyl (C=O) groups is 4. The number of anilines is 2. The number of carbonyl (C=O) groups excluding carboxylic acids is 4. The number of amides is 5. The van der Waals surface area contributed by atoms with Crippen LogP contribution in [0.5, 0.6) is 11.5 Å². The largest absolute Gasteiger partial charge is 0.494 e. The van der Waals surface area contributed by atoms with E-state index in [1.807, 2.05) is 84.6 Å². The summed E-state index contributed by atoms with van der Waals surface area (Å²) in [6.45, 7) is 19.3. The molecule has 7 rings (SSSR count). The van der Waals surface area contributed by atoms with Gasteiger partial charge in [-0.25, -0.2) is 14.5 Å². The Morgan fingerprint density at radius 2 is 1.50 bits per heavy atom. The zero-order valence-electron chi connectivity index (χ0n) is 48.8. The number of ether oxygens (including phenoxy) is 5. The minimum atomic E-state index is -0.759. The molecule has 0 spiro atoms. The number of piperazine rings is 1. The van der Waals surface area contributed by atoms with E-state index in [1.165, 1.54) is 11.3 Å². The highest BCUT2D eigenvalue weighted by Gasteiger charge is 2.42. The van der Waals surface area contributed by atoms with Gasteiger partial charge in [0, 0.05) is 79.4 Å². The maximum Gasteiger partial charge on any atom is 0.325 e. The van der Waals surface area contributed by atoms with Gasteiger partial charge in [0.05, 0.1) is 70.6 Å². The van der Waals surface area contributed by atoms with Gasteiger partial charge in [0.1, 0.15) is 24.1 Å². The molecule has 1 aliphatic heterocycles. The fraction of sp³-hybridized carbons (Fsp3) is 0.468. The second kappa shape index (κ2) is 34.9. The molecule has 2 aromatic heterocycles. The van der Waals surface area contributed by atoms with Gasteiger partial charge in [0.2, 0.25) is 17.7 Å². The van der Waals surface area contributed by atoms with Crippen LogP contribution in [0.4, 0.5) is 15.6 Å². The van der Waals surface area contributed by atoms with Gasteiger partial charge in [-0.05, 0) is 118 Å². The normalized spacial score (nSPS) is 14.4. The molecule has 84 heavy (non-hydrogen) atoms. The lowest BCUT2D eigenvalue weighted by molar-refractivity contribution is -0.144. The van der Waals surface area contributed by atoms with Crippen molar-refractivity contribution in [1.82, 2.24) is 44.9 Å². The summed E-state index contributed by atoms with van der Waals surface area (Å²) in [5.74, 6) is 0.884. The van der Waals surface area contributed by atoms with Gasteiger partial charge in [0.15, 0.2) is 5.13 Å².